The molecule has 0 aromatic heterocycles. The van der Waals surface area contributed by atoms with Crippen LogP contribution < -0.4 is 0 Å². The second kappa shape index (κ2) is 8.31. The standard InChI is InChI=1S/C17H33NO4Si/c1-7-11-21-16(20)18-13-15(12-14(18)9-8-10-19)22-23(5,6)17(2,3)4/h7,14-15,19H,1,8-13H2,2-6H3. The summed E-state index contributed by atoms with van der Waals surface area (Å²) in [5, 5.41) is 9.22. The smallest absolute Gasteiger partial charge is 0.410 e. The lowest BCUT2D eigenvalue weighted by atomic mass is 10.1. The van der Waals surface area contributed by atoms with Crippen LogP contribution in [0.3, 0.4) is 0 Å². The highest BCUT2D eigenvalue weighted by Crippen LogP contribution is 2.39. The van der Waals surface area contributed by atoms with Crippen LogP contribution >= 0.6 is 0 Å². The zero-order valence-corrected chi connectivity index (χ0v) is 16.3. The van der Waals surface area contributed by atoms with Crippen LogP contribution in [0.1, 0.15) is 40.0 Å². The van der Waals surface area contributed by atoms with Gasteiger partial charge >= 0.3 is 6.09 Å². The molecule has 1 fully saturated rings. The number of aliphatic hydroxyl groups is 1. The number of carbonyl (C=O) groups is 1. The van der Waals surface area contributed by atoms with Crippen LogP contribution in [-0.2, 0) is 9.16 Å². The van der Waals surface area contributed by atoms with Crippen LogP contribution in [-0.4, -0.2) is 56.3 Å². The highest BCUT2D eigenvalue weighted by atomic mass is 28.4. The maximum atomic E-state index is 12.2. The second-order valence-corrected chi connectivity index (χ2v) is 12.5. The van der Waals surface area contributed by atoms with Gasteiger partial charge in [0.25, 0.3) is 0 Å². The van der Waals surface area contributed by atoms with Gasteiger partial charge in [0.1, 0.15) is 6.61 Å². The molecule has 0 radical (unpaired) electrons. The van der Waals surface area contributed by atoms with E-state index >= 15 is 0 Å². The summed E-state index contributed by atoms with van der Waals surface area (Å²) in [6, 6.07) is 0.0780. The van der Waals surface area contributed by atoms with E-state index < -0.39 is 8.32 Å². The molecule has 5 nitrogen and oxygen atoms in total. The van der Waals surface area contributed by atoms with Crippen molar-refractivity contribution in [3.05, 3.63) is 12.7 Å². The molecule has 1 amide bonds. The molecule has 0 aromatic rings. The van der Waals surface area contributed by atoms with Crippen LogP contribution in [0.2, 0.25) is 18.1 Å². The Morgan fingerprint density at radius 2 is 2.09 bits per heavy atom. The molecule has 134 valence electrons. The van der Waals surface area contributed by atoms with Gasteiger partial charge in [0.2, 0.25) is 0 Å². The fourth-order valence-electron chi connectivity index (χ4n) is 2.59. The average Bonchev–Trinajstić information content (AvgIpc) is 2.83. The van der Waals surface area contributed by atoms with Crippen LogP contribution in [0.4, 0.5) is 4.79 Å². The summed E-state index contributed by atoms with van der Waals surface area (Å²) in [5.41, 5.74) is 0. The number of hydrogen-bond donors (Lipinski definition) is 1. The topological polar surface area (TPSA) is 59.0 Å². The minimum atomic E-state index is -1.86. The Balaban J connectivity index is 2.74. The molecule has 1 N–H and O–H groups in total. The first kappa shape index (κ1) is 20.2. The predicted octanol–water partition coefficient (Wildman–Crippen LogP) is 3.55. The molecule has 23 heavy (non-hydrogen) atoms. The third-order valence-electron chi connectivity index (χ3n) is 4.90. The van der Waals surface area contributed by atoms with Crippen LogP contribution in [0.15, 0.2) is 12.7 Å². The number of carbonyl (C=O) groups excluding carboxylic acids is 1. The van der Waals surface area contributed by atoms with E-state index in [2.05, 4.69) is 40.4 Å². The summed E-state index contributed by atoms with van der Waals surface area (Å²) in [5.74, 6) is 0. The van der Waals surface area contributed by atoms with Crippen LogP contribution in [0, 0.1) is 0 Å². The van der Waals surface area contributed by atoms with Gasteiger partial charge in [0.15, 0.2) is 8.32 Å². The Bertz CT molecular complexity index is 406. The minimum absolute atomic E-state index is 0.0517. The molecule has 2 atom stereocenters. The molecular formula is C17H33NO4Si. The van der Waals surface area contributed by atoms with Gasteiger partial charge in [0.05, 0.1) is 6.10 Å². The highest BCUT2D eigenvalue weighted by Gasteiger charge is 2.43. The van der Waals surface area contributed by atoms with Crippen molar-refractivity contribution < 1.29 is 19.1 Å². The summed E-state index contributed by atoms with van der Waals surface area (Å²) in [7, 11) is -1.86. The zero-order valence-electron chi connectivity index (χ0n) is 15.3. The number of likely N-dealkylation sites (tertiary alicyclic amines) is 1. The van der Waals surface area contributed by atoms with Gasteiger partial charge in [-0.2, -0.15) is 0 Å². The first-order valence-corrected chi connectivity index (χ1v) is 11.4. The normalized spacial score (nSPS) is 22.3. The maximum Gasteiger partial charge on any atom is 0.410 e. The van der Waals surface area contributed by atoms with Gasteiger partial charge in [-0.3, -0.25) is 0 Å². The van der Waals surface area contributed by atoms with Gasteiger partial charge in [-0.25, -0.2) is 4.79 Å². The number of ether oxygens (including phenoxy) is 1. The van der Waals surface area contributed by atoms with E-state index in [1.54, 1.807) is 11.0 Å². The molecule has 0 bridgehead atoms. The van der Waals surface area contributed by atoms with Crippen molar-refractivity contribution in [3.63, 3.8) is 0 Å². The molecule has 1 heterocycles. The molecule has 1 rings (SSSR count). The van der Waals surface area contributed by atoms with Gasteiger partial charge in [0, 0.05) is 19.2 Å². The van der Waals surface area contributed by atoms with Crippen molar-refractivity contribution >= 4 is 14.4 Å². The maximum absolute atomic E-state index is 12.2. The lowest BCUT2D eigenvalue weighted by molar-refractivity contribution is 0.100. The van der Waals surface area contributed by atoms with Gasteiger partial charge in [-0.1, -0.05) is 33.4 Å². The molecule has 1 aliphatic heterocycles. The number of amides is 1. The molecule has 2 unspecified atom stereocenters. The monoisotopic (exact) mass is 343 g/mol. The quantitative estimate of drug-likeness (QED) is 0.567. The second-order valence-electron chi connectivity index (χ2n) is 7.77. The summed E-state index contributed by atoms with van der Waals surface area (Å²) >= 11 is 0. The van der Waals surface area contributed by atoms with Crippen molar-refractivity contribution in [1.29, 1.82) is 0 Å². The Kier molecular flexibility index (Phi) is 7.29. The van der Waals surface area contributed by atoms with Crippen molar-refractivity contribution in [3.8, 4) is 0 Å². The van der Waals surface area contributed by atoms with E-state index in [1.807, 2.05) is 0 Å². The third kappa shape index (κ3) is 5.62. The van der Waals surface area contributed by atoms with Gasteiger partial charge < -0.3 is 19.2 Å². The highest BCUT2D eigenvalue weighted by molar-refractivity contribution is 6.74. The molecule has 0 spiro atoms. The molecule has 0 aromatic carbocycles. The SMILES string of the molecule is C=CCOC(=O)N1CC(O[Si](C)(C)C(C)(C)C)CC1CCCO. The van der Waals surface area contributed by atoms with Crippen molar-refractivity contribution in [2.45, 2.75) is 70.3 Å². The number of nitrogens with zero attached hydrogens (tertiary/aromatic N) is 1. The first-order chi connectivity index (χ1) is 10.6. The predicted molar refractivity (Wildman–Crippen MR) is 95.0 cm³/mol. The fourth-order valence-corrected chi connectivity index (χ4v) is 3.95. The summed E-state index contributed by atoms with van der Waals surface area (Å²) < 4.78 is 11.7. The molecule has 1 aliphatic rings. The number of rotatable bonds is 7. The largest absolute Gasteiger partial charge is 0.445 e. The van der Waals surface area contributed by atoms with E-state index in [1.165, 1.54) is 0 Å². The minimum Gasteiger partial charge on any atom is -0.445 e. The van der Waals surface area contributed by atoms with Gasteiger partial charge in [-0.15, -0.1) is 0 Å². The molecule has 1 saturated heterocycles. The van der Waals surface area contributed by atoms with Crippen LogP contribution in [0.5, 0.6) is 0 Å². The van der Waals surface area contributed by atoms with Crippen molar-refractivity contribution in [1.82, 2.24) is 4.90 Å². The Hall–Kier alpha value is -0.853. The lowest BCUT2D eigenvalue weighted by Crippen LogP contribution is -2.44. The lowest BCUT2D eigenvalue weighted by Gasteiger charge is -2.38. The molecule has 6 heteroatoms. The molecule has 0 saturated carbocycles. The van der Waals surface area contributed by atoms with Crippen LogP contribution in [0.25, 0.3) is 0 Å². The zero-order chi connectivity index (χ0) is 17.7. The van der Waals surface area contributed by atoms with E-state index in [9.17, 15) is 4.79 Å². The summed E-state index contributed by atoms with van der Waals surface area (Å²) in [4.78, 5) is 14.0. The van der Waals surface area contributed by atoms with Gasteiger partial charge in [-0.05, 0) is 37.4 Å². The first-order valence-electron chi connectivity index (χ1n) is 8.45. The average molecular weight is 344 g/mol. The van der Waals surface area contributed by atoms with E-state index in [4.69, 9.17) is 14.3 Å². The Morgan fingerprint density at radius 1 is 1.43 bits per heavy atom. The van der Waals surface area contributed by atoms with E-state index in [0.717, 1.165) is 12.8 Å². The van der Waals surface area contributed by atoms with Crippen molar-refractivity contribution in [2.75, 3.05) is 19.8 Å². The summed E-state index contributed by atoms with van der Waals surface area (Å²) in [6.45, 7) is 15.6. The number of aliphatic hydroxyl groups excluding tert-OH is 1. The van der Waals surface area contributed by atoms with E-state index in [-0.39, 0.29) is 36.5 Å². The summed E-state index contributed by atoms with van der Waals surface area (Å²) in [6.07, 6.45) is 3.58. The Morgan fingerprint density at radius 3 is 2.61 bits per heavy atom. The number of hydrogen-bond acceptors (Lipinski definition) is 4. The van der Waals surface area contributed by atoms with E-state index in [0.29, 0.717) is 13.0 Å². The fraction of sp³-hybridized carbons (Fsp3) is 0.824. The molecule has 0 aliphatic carbocycles. The third-order valence-corrected chi connectivity index (χ3v) is 9.43. The van der Waals surface area contributed by atoms with Crippen molar-refractivity contribution in [2.24, 2.45) is 0 Å². The molecular weight excluding hydrogens is 310 g/mol. The Labute approximate surface area is 141 Å².